The van der Waals surface area contributed by atoms with Gasteiger partial charge in [0.15, 0.2) is 0 Å². The van der Waals surface area contributed by atoms with E-state index >= 15 is 0 Å². The monoisotopic (exact) mass is 298 g/mol. The summed E-state index contributed by atoms with van der Waals surface area (Å²) >= 11 is 0. The molecule has 0 spiro atoms. The van der Waals surface area contributed by atoms with Crippen molar-refractivity contribution >= 4 is 5.91 Å². The molecule has 22 heavy (non-hydrogen) atoms. The Morgan fingerprint density at radius 3 is 2.77 bits per heavy atom. The Kier molecular flexibility index (Phi) is 3.91. The van der Waals surface area contributed by atoms with Gasteiger partial charge in [-0.3, -0.25) is 4.79 Å². The SMILES string of the molecule is O=C1C(CNC2CCCCCC2)=CC2=CC=CC3CCN1C23. The number of carbonyl (C=O) groups excluding carboxylic acids is 1. The van der Waals surface area contributed by atoms with Gasteiger partial charge in [-0.1, -0.05) is 43.9 Å². The van der Waals surface area contributed by atoms with E-state index in [1.165, 1.54) is 44.1 Å². The summed E-state index contributed by atoms with van der Waals surface area (Å²) in [4.78, 5) is 14.8. The lowest BCUT2D eigenvalue weighted by Gasteiger charge is -2.35. The van der Waals surface area contributed by atoms with Crippen LogP contribution in [0.5, 0.6) is 0 Å². The molecule has 4 rings (SSSR count). The minimum absolute atomic E-state index is 0.265. The van der Waals surface area contributed by atoms with Gasteiger partial charge in [-0.25, -0.2) is 0 Å². The van der Waals surface area contributed by atoms with Crippen molar-refractivity contribution in [3.8, 4) is 0 Å². The van der Waals surface area contributed by atoms with Crippen LogP contribution in [-0.4, -0.2) is 36.0 Å². The number of allylic oxidation sites excluding steroid dienone is 2. The van der Waals surface area contributed by atoms with E-state index < -0.39 is 0 Å². The highest BCUT2D eigenvalue weighted by Crippen LogP contribution is 2.38. The van der Waals surface area contributed by atoms with E-state index in [0.717, 1.165) is 25.1 Å². The number of hydrogen-bond acceptors (Lipinski definition) is 2. The fourth-order valence-electron chi connectivity index (χ4n) is 4.53. The van der Waals surface area contributed by atoms with Crippen molar-refractivity contribution < 1.29 is 4.79 Å². The molecule has 2 aliphatic carbocycles. The first kappa shape index (κ1) is 14.3. The molecule has 1 amide bonds. The number of hydrogen-bond donors (Lipinski definition) is 1. The molecule has 2 atom stereocenters. The first-order chi connectivity index (χ1) is 10.8. The molecule has 1 N–H and O–H groups in total. The van der Waals surface area contributed by atoms with Gasteiger partial charge in [-0.15, -0.1) is 0 Å². The van der Waals surface area contributed by atoms with Crippen LogP contribution >= 0.6 is 0 Å². The van der Waals surface area contributed by atoms with E-state index in [4.69, 9.17) is 0 Å². The van der Waals surface area contributed by atoms with Gasteiger partial charge >= 0.3 is 0 Å². The van der Waals surface area contributed by atoms with Gasteiger partial charge in [-0.2, -0.15) is 0 Å². The first-order valence-corrected chi connectivity index (χ1v) is 8.96. The van der Waals surface area contributed by atoms with E-state index in [-0.39, 0.29) is 5.91 Å². The third-order valence-corrected chi connectivity index (χ3v) is 5.75. The van der Waals surface area contributed by atoms with Gasteiger partial charge in [-0.05, 0) is 30.9 Å². The normalized spacial score (nSPS) is 31.6. The summed E-state index contributed by atoms with van der Waals surface area (Å²) in [5.74, 6) is 0.803. The van der Waals surface area contributed by atoms with Gasteiger partial charge in [0, 0.05) is 30.6 Å². The molecule has 3 nitrogen and oxygen atoms in total. The number of amides is 1. The Balaban J connectivity index is 1.47. The lowest BCUT2D eigenvalue weighted by Crippen LogP contribution is -2.45. The second-order valence-electron chi connectivity index (χ2n) is 7.19. The number of nitrogens with zero attached hydrogens (tertiary/aromatic N) is 1. The molecule has 2 unspecified atom stereocenters. The highest BCUT2D eigenvalue weighted by atomic mass is 16.2. The summed E-state index contributed by atoms with van der Waals surface area (Å²) < 4.78 is 0. The Morgan fingerprint density at radius 2 is 1.95 bits per heavy atom. The van der Waals surface area contributed by atoms with Crippen LogP contribution in [0.25, 0.3) is 0 Å². The quantitative estimate of drug-likeness (QED) is 0.813. The van der Waals surface area contributed by atoms with Crippen LogP contribution in [-0.2, 0) is 4.79 Å². The number of carbonyl (C=O) groups is 1. The van der Waals surface area contributed by atoms with Gasteiger partial charge in [0.1, 0.15) is 0 Å². The van der Waals surface area contributed by atoms with Gasteiger partial charge < -0.3 is 10.2 Å². The maximum Gasteiger partial charge on any atom is 0.251 e. The molecule has 1 saturated carbocycles. The molecule has 3 heteroatoms. The zero-order chi connectivity index (χ0) is 14.9. The highest BCUT2D eigenvalue weighted by Gasteiger charge is 2.42. The molecule has 0 aromatic rings. The van der Waals surface area contributed by atoms with Crippen LogP contribution in [0.1, 0.15) is 44.9 Å². The van der Waals surface area contributed by atoms with Crippen molar-refractivity contribution in [1.82, 2.24) is 10.2 Å². The van der Waals surface area contributed by atoms with Crippen LogP contribution in [0.2, 0.25) is 0 Å². The second kappa shape index (κ2) is 6.04. The predicted molar refractivity (Wildman–Crippen MR) is 88.4 cm³/mol. The first-order valence-electron chi connectivity index (χ1n) is 8.96. The Morgan fingerprint density at radius 1 is 1.14 bits per heavy atom. The van der Waals surface area contributed by atoms with Crippen LogP contribution in [0, 0.1) is 5.92 Å². The summed E-state index contributed by atoms with van der Waals surface area (Å²) in [5, 5.41) is 3.65. The summed E-state index contributed by atoms with van der Waals surface area (Å²) in [6.07, 6.45) is 17.8. The summed E-state index contributed by atoms with van der Waals surface area (Å²) in [6, 6.07) is 0.916. The molecule has 0 bridgehead atoms. The Bertz CT molecular complexity index is 538. The summed E-state index contributed by atoms with van der Waals surface area (Å²) in [5.41, 5.74) is 2.30. The van der Waals surface area contributed by atoms with Gasteiger partial charge in [0.25, 0.3) is 5.91 Å². The van der Waals surface area contributed by atoms with Crippen LogP contribution in [0.4, 0.5) is 0 Å². The minimum atomic E-state index is 0.265. The largest absolute Gasteiger partial charge is 0.331 e. The topological polar surface area (TPSA) is 32.3 Å². The highest BCUT2D eigenvalue weighted by molar-refractivity contribution is 5.97. The van der Waals surface area contributed by atoms with E-state index in [1.54, 1.807) is 0 Å². The fourth-order valence-corrected chi connectivity index (χ4v) is 4.53. The van der Waals surface area contributed by atoms with Crippen LogP contribution in [0.3, 0.4) is 0 Å². The van der Waals surface area contributed by atoms with E-state index in [1.807, 2.05) is 0 Å². The molecule has 2 heterocycles. The molecule has 2 fully saturated rings. The average Bonchev–Trinajstić information content (AvgIpc) is 2.80. The Labute approximate surface area is 133 Å². The zero-order valence-electron chi connectivity index (χ0n) is 13.3. The van der Waals surface area contributed by atoms with Crippen molar-refractivity contribution in [3.63, 3.8) is 0 Å². The van der Waals surface area contributed by atoms with Crippen LogP contribution < -0.4 is 5.32 Å². The van der Waals surface area contributed by atoms with E-state index in [9.17, 15) is 4.79 Å². The molecule has 118 valence electrons. The maximum absolute atomic E-state index is 12.7. The summed E-state index contributed by atoms with van der Waals surface area (Å²) in [7, 11) is 0. The fraction of sp³-hybridized carbons (Fsp3) is 0.632. The second-order valence-corrected chi connectivity index (χ2v) is 7.19. The third-order valence-electron chi connectivity index (χ3n) is 5.75. The van der Waals surface area contributed by atoms with E-state index in [0.29, 0.717) is 18.0 Å². The smallest absolute Gasteiger partial charge is 0.251 e. The standard InChI is InChI=1S/C19H26N2O/c22-19-16(13-20-17-8-3-1-2-4-9-17)12-15-7-5-6-14-10-11-21(19)18(14)15/h5-7,12,14,17-18,20H,1-4,8-11,13H2. The zero-order valence-corrected chi connectivity index (χ0v) is 13.3. The van der Waals surface area contributed by atoms with Crippen molar-refractivity contribution in [1.29, 1.82) is 0 Å². The lowest BCUT2D eigenvalue weighted by molar-refractivity contribution is -0.128. The number of nitrogens with one attached hydrogen (secondary N) is 1. The van der Waals surface area contributed by atoms with Crippen molar-refractivity contribution in [2.24, 2.45) is 5.92 Å². The minimum Gasteiger partial charge on any atom is -0.331 e. The molecule has 2 aliphatic heterocycles. The molecule has 0 aromatic carbocycles. The average molecular weight is 298 g/mol. The lowest BCUT2D eigenvalue weighted by atomic mass is 9.86. The molecule has 1 saturated heterocycles. The third kappa shape index (κ3) is 2.56. The maximum atomic E-state index is 12.7. The summed E-state index contributed by atoms with van der Waals surface area (Å²) in [6.45, 7) is 1.65. The van der Waals surface area contributed by atoms with E-state index in [2.05, 4.69) is 34.5 Å². The molecule has 0 aromatic heterocycles. The van der Waals surface area contributed by atoms with Gasteiger partial charge in [0.2, 0.25) is 0 Å². The van der Waals surface area contributed by atoms with Crippen molar-refractivity contribution in [2.45, 2.75) is 57.0 Å². The van der Waals surface area contributed by atoms with Gasteiger partial charge in [0.05, 0.1) is 6.04 Å². The number of rotatable bonds is 3. The van der Waals surface area contributed by atoms with Crippen molar-refractivity contribution in [2.75, 3.05) is 13.1 Å². The molecule has 0 radical (unpaired) electrons. The predicted octanol–water partition coefficient (Wildman–Crippen LogP) is 2.95. The van der Waals surface area contributed by atoms with Crippen molar-refractivity contribution in [3.05, 3.63) is 35.5 Å². The molecule has 4 aliphatic rings. The molecular weight excluding hydrogens is 272 g/mol. The van der Waals surface area contributed by atoms with Crippen LogP contribution in [0.15, 0.2) is 35.5 Å². The molecular formula is C19H26N2O. The Hall–Kier alpha value is -1.35.